The summed E-state index contributed by atoms with van der Waals surface area (Å²) in [6.07, 6.45) is 9.58. The van der Waals surface area contributed by atoms with Crippen LogP contribution in [0.5, 0.6) is 0 Å². The molecule has 690 valence electrons. The third-order valence-corrected chi connectivity index (χ3v) is 35.0. The summed E-state index contributed by atoms with van der Waals surface area (Å²) in [7, 11) is -5.59. The Kier molecular flexibility index (Phi) is 27.7. The van der Waals surface area contributed by atoms with Crippen molar-refractivity contribution in [2.75, 3.05) is 18.7 Å². The van der Waals surface area contributed by atoms with E-state index in [0.29, 0.717) is 12.1 Å². The quantitative estimate of drug-likeness (QED) is 0.0864. The van der Waals surface area contributed by atoms with Gasteiger partial charge >= 0.3 is 32.7 Å². The Morgan fingerprint density at radius 3 is 0.679 bits per heavy atom. The highest BCUT2D eigenvalue weighted by Gasteiger charge is 2.34. The average Bonchev–Trinajstić information content (AvgIpc) is 1.68. The van der Waals surface area contributed by atoms with E-state index >= 15 is 0 Å². The number of hydrogen-bond acceptors (Lipinski definition) is 12. The molecular formula is C121H118N4O8P4. The van der Waals surface area contributed by atoms with Gasteiger partial charge in [0.15, 0.2) is 0 Å². The van der Waals surface area contributed by atoms with Crippen LogP contribution < -0.4 is 18.7 Å². The molecule has 0 unspecified atom stereocenters. The van der Waals surface area contributed by atoms with Crippen molar-refractivity contribution in [3.05, 3.63) is 420 Å². The van der Waals surface area contributed by atoms with Crippen LogP contribution in [0.25, 0.3) is 131 Å². The van der Waals surface area contributed by atoms with Gasteiger partial charge in [0.2, 0.25) is 0 Å². The molecule has 0 bridgehead atoms. The molecule has 0 aliphatic heterocycles. The van der Waals surface area contributed by atoms with Crippen LogP contribution in [0.4, 0.5) is 0 Å². The second kappa shape index (κ2) is 41.3. The van der Waals surface area contributed by atoms with Crippen molar-refractivity contribution in [1.82, 2.24) is 0 Å². The zero-order valence-electron chi connectivity index (χ0n) is 79.8. The van der Waals surface area contributed by atoms with E-state index in [1.165, 1.54) is 130 Å². The van der Waals surface area contributed by atoms with Crippen molar-refractivity contribution in [1.29, 1.82) is 0 Å². The van der Waals surface area contributed by atoms with Gasteiger partial charge in [0.05, 0.1) is 0 Å². The summed E-state index contributed by atoms with van der Waals surface area (Å²) >= 11 is 0. The van der Waals surface area contributed by atoms with Gasteiger partial charge in [-0.2, -0.15) is 18.7 Å². The second-order valence-corrected chi connectivity index (χ2v) is 42.3. The molecule has 0 amide bonds. The van der Waals surface area contributed by atoms with Crippen LogP contribution in [0.3, 0.4) is 0 Å². The molecule has 4 aromatic heterocycles. The molecule has 0 radical (unpaired) electrons. The fraction of sp³-hybridized carbons (Fsp3) is 0.223. The average molecular weight is 1880 g/mol. The van der Waals surface area contributed by atoms with Gasteiger partial charge in [-0.15, -0.1) is 0 Å². The maximum Gasteiger partial charge on any atom is 0.310 e. The summed E-state index contributed by atoms with van der Waals surface area (Å²) in [4.78, 5) is 0. The van der Waals surface area contributed by atoms with E-state index in [9.17, 15) is 0 Å². The predicted molar refractivity (Wildman–Crippen MR) is 581 cm³/mol. The van der Waals surface area contributed by atoms with E-state index < -0.39 is 32.7 Å². The molecule has 0 saturated heterocycles. The minimum Gasteiger partial charge on any atom is -0.408 e. The second-order valence-electron chi connectivity index (χ2n) is 37.1. The summed E-state index contributed by atoms with van der Waals surface area (Å²) in [5.74, 6) is 0. The summed E-state index contributed by atoms with van der Waals surface area (Å²) in [5, 5.41) is 18.7. The molecule has 0 N–H and O–H groups in total. The van der Waals surface area contributed by atoms with Crippen molar-refractivity contribution in [3.8, 4) is 0 Å². The number of fused-ring (bicyclic) bond motifs is 24. The highest BCUT2D eigenvalue weighted by molar-refractivity contribution is 7.40. The third-order valence-electron chi connectivity index (χ3n) is 27.5. The zero-order chi connectivity index (χ0) is 93.7. The first kappa shape index (κ1) is 91.9. The van der Waals surface area contributed by atoms with Crippen molar-refractivity contribution >= 4 is 164 Å². The van der Waals surface area contributed by atoms with E-state index in [4.69, 9.17) is 33.6 Å². The van der Waals surface area contributed by atoms with Crippen molar-refractivity contribution in [2.24, 2.45) is 0 Å². The molecule has 4 heterocycles. The summed E-state index contributed by atoms with van der Waals surface area (Å²) in [6.45, 7) is 24.5. The smallest absolute Gasteiger partial charge is 0.310 e. The molecule has 0 spiro atoms. The van der Waals surface area contributed by atoms with Crippen LogP contribution in [0.1, 0.15) is 182 Å². The fourth-order valence-electron chi connectivity index (χ4n) is 20.7. The third kappa shape index (κ3) is 18.9. The molecule has 17 aromatic carbocycles. The predicted octanol–water partition coefficient (Wildman–Crippen LogP) is 37.3. The SMILES string of the molecule is CC(C)N(C(C)C)p1oc2ccc3ccccc3c2c2c(ccc3ccccc32)o1.CC(C)N([C@@H](C)c1ccccc1)p1oc2ccc3ccccc3c2c2c(ccc3ccccc32)o1.C[C@@H](c1ccccc1)N([C@@H](C)c1ccccc1)p1oc2ccc3c(c2c2c4c(ccc2o1)CCCC4)CCCC3.C[C@@H](c1ccccc1)N([C@@H](C)c1ccccc1)p1oc2ccccc2c2ccccc2o1. The Bertz CT molecular complexity index is 7640. The van der Waals surface area contributed by atoms with Gasteiger partial charge in [0.25, 0.3) is 0 Å². The normalized spacial score (nSPS) is 13.9. The molecule has 0 saturated carbocycles. The van der Waals surface area contributed by atoms with Crippen LogP contribution in [0.15, 0.2) is 404 Å². The van der Waals surface area contributed by atoms with Gasteiger partial charge < -0.3 is 33.6 Å². The standard InChI is InChI=1S/C36H38NO2P.C31H28NO2P.C28H26NO2P.C26H26NO2P/c1-25(27-13-5-3-6-14-27)37(26(2)28-15-7-4-8-16-28)40-38-33-23-21-29-17-9-11-19-31(29)35(33)36-32-20-12-10-18-30(32)22-24-34(36)39-40;1-21(2)32(22(3)23-11-5-4-6-12-23)35-33-28-19-17-24-13-7-9-15-26(24)30(28)31-27-16-10-8-14-25(27)18-20-29(31)34-35;1-21(23-13-5-3-6-14-23)29(22(2)24-15-7-4-8-16-24)32-30-27-19-11-9-17-25(27)26-18-10-12-20-28(26)31-32;1-17(2)27(18(3)4)30-28-23-15-13-19-9-5-7-11-21(19)25(23)26-22-12-8-6-10-20(22)14-16-24(26)29-30/h3-8,13-16,21-26H,9-12,17-20H2,1-2H3;4-22H,1-3H3;3-22H,1-2H3;5-18H,1-4H3/t25-,26-;22-;21-,22-;/m000./s1. The summed E-state index contributed by atoms with van der Waals surface area (Å²) in [5.41, 5.74) is 19.4. The molecular weight excluding hydrogens is 1760 g/mol. The molecule has 16 heteroatoms. The maximum absolute atomic E-state index is 7.11. The van der Waals surface area contributed by atoms with E-state index in [2.05, 4.69) is 428 Å². The van der Waals surface area contributed by atoms with Gasteiger partial charge in [0, 0.05) is 91.4 Å². The van der Waals surface area contributed by atoms with Crippen molar-refractivity contribution in [3.63, 3.8) is 0 Å². The van der Waals surface area contributed by atoms with Gasteiger partial charge in [-0.25, -0.2) is 0 Å². The zero-order valence-corrected chi connectivity index (χ0v) is 83.4. The van der Waals surface area contributed by atoms with Gasteiger partial charge in [-0.3, -0.25) is 0 Å². The van der Waals surface area contributed by atoms with E-state index in [0.717, 1.165) is 103 Å². The Labute approximate surface area is 806 Å². The molecule has 2 aliphatic rings. The molecule has 5 atom stereocenters. The van der Waals surface area contributed by atoms with Crippen LogP contribution in [-0.4, -0.2) is 18.1 Å². The van der Waals surface area contributed by atoms with E-state index in [1.54, 1.807) is 0 Å². The molecule has 12 nitrogen and oxygen atoms in total. The summed E-state index contributed by atoms with van der Waals surface area (Å²) < 4.78 is 64.0. The monoisotopic (exact) mass is 1880 g/mol. The van der Waals surface area contributed by atoms with Gasteiger partial charge in [-0.05, 0) is 269 Å². The topological polar surface area (TPSA) is 118 Å². The Balaban J connectivity index is 0.000000113. The molecule has 2 aliphatic carbocycles. The first-order valence-corrected chi connectivity index (χ1v) is 53.2. The lowest BCUT2D eigenvalue weighted by Crippen LogP contribution is -2.34. The number of para-hydroxylation sites is 2. The van der Waals surface area contributed by atoms with E-state index in [1.807, 2.05) is 36.4 Å². The fourth-order valence-corrected chi connectivity index (χ4v) is 27.4. The lowest BCUT2D eigenvalue weighted by Gasteiger charge is -2.31. The molecule has 21 aromatic rings. The van der Waals surface area contributed by atoms with Crippen molar-refractivity contribution in [2.45, 2.75) is 176 Å². The minimum atomic E-state index is -1.45. The molecule has 137 heavy (non-hydrogen) atoms. The van der Waals surface area contributed by atoms with Crippen LogP contribution in [0, 0.1) is 0 Å². The molecule has 23 rings (SSSR count). The van der Waals surface area contributed by atoms with E-state index in [-0.39, 0.29) is 36.3 Å². The van der Waals surface area contributed by atoms with Crippen LogP contribution in [-0.2, 0) is 25.7 Å². The highest BCUT2D eigenvalue weighted by Crippen LogP contribution is 2.53. The number of nitrogens with zero attached hydrogens (tertiary/aromatic N) is 4. The van der Waals surface area contributed by atoms with Gasteiger partial charge in [-0.1, -0.05) is 322 Å². The maximum atomic E-state index is 7.11. The lowest BCUT2D eigenvalue weighted by molar-refractivity contribution is 0.557. The lowest BCUT2D eigenvalue weighted by atomic mass is 9.84. The first-order valence-electron chi connectivity index (χ1n) is 48.6. The first-order chi connectivity index (χ1) is 67.1. The highest BCUT2D eigenvalue weighted by atomic mass is 31.1. The Morgan fingerprint density at radius 2 is 0.394 bits per heavy atom. The molecule has 0 fully saturated rings. The van der Waals surface area contributed by atoms with Crippen molar-refractivity contribution < 1.29 is 33.6 Å². The van der Waals surface area contributed by atoms with Crippen LogP contribution >= 0.6 is 32.7 Å². The largest absolute Gasteiger partial charge is 0.408 e. The number of hydrogen-bond donors (Lipinski definition) is 0. The Morgan fingerprint density at radius 1 is 0.182 bits per heavy atom. The Hall–Kier alpha value is -12.8. The number of benzene rings is 17. The van der Waals surface area contributed by atoms with Gasteiger partial charge in [0.1, 0.15) is 44.7 Å². The minimum absolute atomic E-state index is 0.0925. The summed E-state index contributed by atoms with van der Waals surface area (Å²) in [6, 6.07) is 131. The van der Waals surface area contributed by atoms with Crippen LogP contribution in [0.2, 0.25) is 0 Å². The number of rotatable bonds is 17. The number of aryl methyl sites for hydroxylation is 4.